The molecule has 7 nitrogen and oxygen atoms in total. The van der Waals surface area contributed by atoms with Crippen LogP contribution in [-0.2, 0) is 14.3 Å². The predicted molar refractivity (Wildman–Crippen MR) is 95.0 cm³/mol. The molecule has 1 aliphatic heterocycles. The fraction of sp³-hybridized carbons (Fsp3) is 0.421. The number of allylic oxidation sites excluding steroid dienone is 2. The van der Waals surface area contributed by atoms with Gasteiger partial charge in [0, 0.05) is 41.5 Å². The molecule has 0 aromatic heterocycles. The van der Waals surface area contributed by atoms with E-state index in [9.17, 15) is 19.7 Å². The van der Waals surface area contributed by atoms with Crippen molar-refractivity contribution in [3.05, 3.63) is 51.2 Å². The molecule has 1 heterocycles. The summed E-state index contributed by atoms with van der Waals surface area (Å²) in [5.41, 5.74) is 2.26. The van der Waals surface area contributed by atoms with Crippen LogP contribution in [0.15, 0.2) is 40.5 Å². The Morgan fingerprint density at radius 2 is 2.15 bits per heavy atom. The largest absolute Gasteiger partial charge is 0.465 e. The van der Waals surface area contributed by atoms with Gasteiger partial charge < -0.3 is 4.74 Å². The van der Waals surface area contributed by atoms with E-state index >= 15 is 0 Å². The molecule has 1 unspecified atom stereocenters. The SMILES string of the molecule is CCOC(=O)C1C(C)=NC2=C(C(=O)CCC2)[C@H]1c1cccc([N+](=O)[O-])c1. The number of hydrogen-bond acceptors (Lipinski definition) is 6. The molecule has 0 saturated carbocycles. The van der Waals surface area contributed by atoms with Gasteiger partial charge in [-0.2, -0.15) is 0 Å². The third-order valence-corrected chi connectivity index (χ3v) is 4.82. The van der Waals surface area contributed by atoms with E-state index in [0.29, 0.717) is 35.4 Å². The first-order valence-electron chi connectivity index (χ1n) is 8.66. The van der Waals surface area contributed by atoms with Crippen LogP contribution in [0.4, 0.5) is 5.69 Å². The Balaban J connectivity index is 2.17. The third kappa shape index (κ3) is 3.16. The van der Waals surface area contributed by atoms with Crippen molar-refractivity contribution in [2.24, 2.45) is 10.9 Å². The molecule has 7 heteroatoms. The molecular formula is C19H20N2O5. The lowest BCUT2D eigenvalue weighted by Gasteiger charge is -2.34. The third-order valence-electron chi connectivity index (χ3n) is 4.82. The van der Waals surface area contributed by atoms with E-state index in [0.717, 1.165) is 6.42 Å². The molecule has 0 N–H and O–H groups in total. The minimum Gasteiger partial charge on any atom is -0.465 e. The average molecular weight is 356 g/mol. The molecule has 2 atom stereocenters. The van der Waals surface area contributed by atoms with Gasteiger partial charge in [0.1, 0.15) is 5.92 Å². The van der Waals surface area contributed by atoms with E-state index < -0.39 is 22.7 Å². The van der Waals surface area contributed by atoms with Crippen molar-refractivity contribution >= 4 is 23.2 Å². The van der Waals surface area contributed by atoms with Crippen molar-refractivity contribution in [3.8, 4) is 0 Å². The van der Waals surface area contributed by atoms with E-state index in [-0.39, 0.29) is 18.1 Å². The Hall–Kier alpha value is -2.83. The minimum atomic E-state index is -0.752. The van der Waals surface area contributed by atoms with Crippen molar-refractivity contribution in [1.82, 2.24) is 0 Å². The first-order chi connectivity index (χ1) is 12.4. The summed E-state index contributed by atoms with van der Waals surface area (Å²) in [4.78, 5) is 40.5. The lowest BCUT2D eigenvalue weighted by atomic mass is 9.71. The zero-order chi connectivity index (χ0) is 18.8. The van der Waals surface area contributed by atoms with Crippen molar-refractivity contribution in [2.75, 3.05) is 6.61 Å². The Morgan fingerprint density at radius 1 is 1.38 bits per heavy atom. The highest BCUT2D eigenvalue weighted by Crippen LogP contribution is 2.44. The number of benzene rings is 1. The van der Waals surface area contributed by atoms with Crippen LogP contribution >= 0.6 is 0 Å². The van der Waals surface area contributed by atoms with Gasteiger partial charge in [0.2, 0.25) is 0 Å². The highest BCUT2D eigenvalue weighted by Gasteiger charge is 2.43. The van der Waals surface area contributed by atoms with Crippen LogP contribution in [-0.4, -0.2) is 29.0 Å². The monoisotopic (exact) mass is 356 g/mol. The minimum absolute atomic E-state index is 0.0479. The lowest BCUT2D eigenvalue weighted by Crippen LogP contribution is -2.37. The number of esters is 1. The van der Waals surface area contributed by atoms with Crippen molar-refractivity contribution < 1.29 is 19.2 Å². The van der Waals surface area contributed by atoms with Crippen LogP contribution in [0.25, 0.3) is 0 Å². The van der Waals surface area contributed by atoms with E-state index in [1.54, 1.807) is 26.0 Å². The van der Waals surface area contributed by atoms with Gasteiger partial charge in [-0.15, -0.1) is 0 Å². The van der Waals surface area contributed by atoms with Crippen molar-refractivity contribution in [3.63, 3.8) is 0 Å². The second kappa shape index (κ2) is 7.19. The number of ether oxygens (including phenoxy) is 1. The Bertz CT molecular complexity index is 840. The average Bonchev–Trinajstić information content (AvgIpc) is 2.61. The summed E-state index contributed by atoms with van der Waals surface area (Å²) >= 11 is 0. The zero-order valence-corrected chi connectivity index (χ0v) is 14.7. The summed E-state index contributed by atoms with van der Waals surface area (Å²) < 4.78 is 5.21. The number of carbonyl (C=O) groups is 2. The molecular weight excluding hydrogens is 336 g/mol. The molecule has 1 aromatic carbocycles. The van der Waals surface area contributed by atoms with Gasteiger partial charge in [-0.25, -0.2) is 0 Å². The molecule has 0 bridgehead atoms. The van der Waals surface area contributed by atoms with Crippen LogP contribution in [0.3, 0.4) is 0 Å². The lowest BCUT2D eigenvalue weighted by molar-refractivity contribution is -0.384. The van der Waals surface area contributed by atoms with E-state index in [4.69, 9.17) is 4.74 Å². The smallest absolute Gasteiger partial charge is 0.315 e. The summed E-state index contributed by atoms with van der Waals surface area (Å²) in [6.07, 6.45) is 1.79. The molecule has 1 aromatic rings. The van der Waals surface area contributed by atoms with E-state index in [1.165, 1.54) is 12.1 Å². The normalized spacial score (nSPS) is 22.5. The summed E-state index contributed by atoms with van der Waals surface area (Å²) in [6, 6.07) is 6.12. The van der Waals surface area contributed by atoms with Gasteiger partial charge in [-0.1, -0.05) is 12.1 Å². The quantitative estimate of drug-likeness (QED) is 0.468. The predicted octanol–water partition coefficient (Wildman–Crippen LogP) is 3.34. The molecule has 26 heavy (non-hydrogen) atoms. The maximum absolute atomic E-state index is 12.7. The number of ketones is 1. The number of nitro benzene ring substituents is 1. The van der Waals surface area contributed by atoms with Gasteiger partial charge in [-0.3, -0.25) is 24.7 Å². The molecule has 1 aliphatic carbocycles. The highest BCUT2D eigenvalue weighted by molar-refractivity contribution is 6.08. The van der Waals surface area contributed by atoms with E-state index in [2.05, 4.69) is 4.99 Å². The maximum Gasteiger partial charge on any atom is 0.315 e. The van der Waals surface area contributed by atoms with Gasteiger partial charge >= 0.3 is 5.97 Å². The standard InChI is InChI=1S/C19H20N2O5/c1-3-26-19(23)16-11(2)20-14-8-5-9-15(22)18(14)17(16)12-6-4-7-13(10-12)21(24)25/h4,6-7,10,16-17H,3,5,8-9H2,1-2H3/t16?,17-/m0/s1. The van der Waals surface area contributed by atoms with Crippen molar-refractivity contribution in [1.29, 1.82) is 0 Å². The van der Waals surface area contributed by atoms with Gasteiger partial charge in [0.15, 0.2) is 5.78 Å². The topological polar surface area (TPSA) is 98.9 Å². The fourth-order valence-corrected chi connectivity index (χ4v) is 3.74. The van der Waals surface area contributed by atoms with Gasteiger partial charge in [-0.05, 0) is 32.3 Å². The summed E-state index contributed by atoms with van der Waals surface area (Å²) in [5.74, 6) is -1.87. The van der Waals surface area contributed by atoms with Crippen molar-refractivity contribution in [2.45, 2.75) is 39.0 Å². The molecule has 0 spiro atoms. The molecule has 3 rings (SSSR count). The number of Topliss-reactive ketones (excluding diaryl/α,β-unsaturated/α-hetero) is 1. The second-order valence-electron chi connectivity index (χ2n) is 6.45. The molecule has 0 radical (unpaired) electrons. The summed E-state index contributed by atoms with van der Waals surface area (Å²) in [7, 11) is 0. The summed E-state index contributed by atoms with van der Waals surface area (Å²) in [6.45, 7) is 3.67. The number of rotatable bonds is 4. The number of nitrogens with zero attached hydrogens (tertiary/aromatic N) is 2. The molecule has 136 valence electrons. The molecule has 0 amide bonds. The van der Waals surface area contributed by atoms with Crippen LogP contribution in [0.5, 0.6) is 0 Å². The zero-order valence-electron chi connectivity index (χ0n) is 14.7. The first-order valence-corrected chi connectivity index (χ1v) is 8.66. The van der Waals surface area contributed by atoms with Crippen LogP contribution in [0.1, 0.15) is 44.6 Å². The number of nitro groups is 1. The Morgan fingerprint density at radius 3 is 2.85 bits per heavy atom. The number of aliphatic imine (C=N–C) groups is 1. The van der Waals surface area contributed by atoms with Gasteiger partial charge in [0.05, 0.1) is 11.5 Å². The molecule has 0 fully saturated rings. The summed E-state index contributed by atoms with van der Waals surface area (Å²) in [5, 5.41) is 11.2. The maximum atomic E-state index is 12.7. The highest BCUT2D eigenvalue weighted by atomic mass is 16.6. The van der Waals surface area contributed by atoms with Crippen LogP contribution in [0.2, 0.25) is 0 Å². The second-order valence-corrected chi connectivity index (χ2v) is 6.45. The number of non-ortho nitro benzene ring substituents is 1. The van der Waals surface area contributed by atoms with E-state index in [1.807, 2.05) is 0 Å². The first kappa shape index (κ1) is 18.0. The van der Waals surface area contributed by atoms with Gasteiger partial charge in [0.25, 0.3) is 5.69 Å². The molecule has 2 aliphatic rings. The van der Waals surface area contributed by atoms with Crippen LogP contribution < -0.4 is 0 Å². The Kier molecular flexibility index (Phi) is 4.97. The Labute approximate surface area is 150 Å². The number of carbonyl (C=O) groups excluding carboxylic acids is 2. The molecule has 0 saturated heterocycles. The fourth-order valence-electron chi connectivity index (χ4n) is 3.74. The van der Waals surface area contributed by atoms with Crippen LogP contribution in [0, 0.1) is 16.0 Å². The number of hydrogen-bond donors (Lipinski definition) is 0.